The molecule has 0 unspecified atom stereocenters. The van der Waals surface area contributed by atoms with Gasteiger partial charge in [-0.3, -0.25) is 9.59 Å². The molecule has 3 rings (SSSR count). The summed E-state index contributed by atoms with van der Waals surface area (Å²) in [5.74, 6) is -0.515. The molecular weight excluding hydrogens is 397 g/mol. The van der Waals surface area contributed by atoms with Crippen molar-refractivity contribution in [1.29, 1.82) is 0 Å². The first kappa shape index (κ1) is 19.0. The number of primary amides is 1. The van der Waals surface area contributed by atoms with Crippen LogP contribution in [0.4, 0.5) is 0 Å². The molecule has 0 bridgehead atoms. The van der Waals surface area contributed by atoms with Crippen LogP contribution in [0.2, 0.25) is 10.0 Å². The molecule has 1 amide bonds. The van der Waals surface area contributed by atoms with Crippen LogP contribution in [-0.2, 0) is 13.0 Å². The van der Waals surface area contributed by atoms with Gasteiger partial charge in [-0.2, -0.15) is 10.1 Å². The normalized spacial score (nSPS) is 12.1. The molecule has 1 aromatic carbocycles. The zero-order valence-electron chi connectivity index (χ0n) is 13.7. The highest BCUT2D eigenvalue weighted by Crippen LogP contribution is 2.19. The van der Waals surface area contributed by atoms with Crippen molar-refractivity contribution in [2.75, 3.05) is 0 Å². The number of carbonyl (C=O) groups is 1. The van der Waals surface area contributed by atoms with Gasteiger partial charge in [0.2, 0.25) is 5.89 Å². The number of carbonyl (C=O) groups excluding carboxylic acids is 1. The summed E-state index contributed by atoms with van der Waals surface area (Å²) in [5, 5.41) is 18.0. The van der Waals surface area contributed by atoms with E-state index in [1.165, 1.54) is 0 Å². The molecule has 2 heterocycles. The minimum atomic E-state index is -0.854. The van der Waals surface area contributed by atoms with E-state index >= 15 is 0 Å². The summed E-state index contributed by atoms with van der Waals surface area (Å²) in [6.45, 7) is -0.151. The van der Waals surface area contributed by atoms with Crippen LogP contribution in [0.25, 0.3) is 0 Å². The molecule has 0 saturated carbocycles. The Morgan fingerprint density at radius 2 is 2.00 bits per heavy atom. The van der Waals surface area contributed by atoms with Crippen LogP contribution in [0.3, 0.4) is 0 Å². The molecule has 0 fully saturated rings. The summed E-state index contributed by atoms with van der Waals surface area (Å²) in [6, 6.07) is 6.72. The lowest BCUT2D eigenvalue weighted by molar-refractivity contribution is 0.0999. The van der Waals surface area contributed by atoms with Crippen LogP contribution >= 0.6 is 23.2 Å². The second-order valence-corrected chi connectivity index (χ2v) is 6.39. The van der Waals surface area contributed by atoms with Crippen LogP contribution < -0.4 is 11.3 Å². The third-order valence-corrected chi connectivity index (χ3v) is 4.29. The van der Waals surface area contributed by atoms with Crippen molar-refractivity contribution in [2.45, 2.75) is 19.1 Å². The lowest BCUT2D eigenvalue weighted by atomic mass is 10.1. The maximum atomic E-state index is 12.1. The van der Waals surface area contributed by atoms with Crippen LogP contribution in [0.1, 0.15) is 33.7 Å². The van der Waals surface area contributed by atoms with E-state index in [1.807, 2.05) is 0 Å². The maximum Gasteiger partial charge on any atom is 0.286 e. The zero-order valence-corrected chi connectivity index (χ0v) is 15.2. The van der Waals surface area contributed by atoms with E-state index < -0.39 is 17.6 Å². The minimum absolute atomic E-state index is 0.0887. The fourth-order valence-corrected chi connectivity index (χ4v) is 2.66. The van der Waals surface area contributed by atoms with Crippen LogP contribution in [0.5, 0.6) is 0 Å². The first-order valence-electron chi connectivity index (χ1n) is 7.65. The van der Waals surface area contributed by atoms with E-state index in [1.54, 1.807) is 24.3 Å². The summed E-state index contributed by atoms with van der Waals surface area (Å²) in [4.78, 5) is 27.4. The summed E-state index contributed by atoms with van der Waals surface area (Å²) in [7, 11) is 0. The molecule has 11 heteroatoms. The average molecular weight is 410 g/mol. The van der Waals surface area contributed by atoms with Crippen molar-refractivity contribution >= 4 is 29.1 Å². The van der Waals surface area contributed by atoms with E-state index in [4.69, 9.17) is 33.5 Å². The Bertz CT molecular complexity index is 1030. The Morgan fingerprint density at radius 3 is 2.67 bits per heavy atom. The molecule has 1 atom stereocenters. The quantitative estimate of drug-likeness (QED) is 0.626. The fourth-order valence-electron chi connectivity index (χ4n) is 2.29. The molecule has 3 N–H and O–H groups in total. The first-order valence-corrected chi connectivity index (χ1v) is 8.41. The highest BCUT2D eigenvalue weighted by atomic mass is 35.5. The van der Waals surface area contributed by atoms with Crippen LogP contribution in [0.15, 0.2) is 39.8 Å². The number of halogens is 2. The summed E-state index contributed by atoms with van der Waals surface area (Å²) < 4.78 is 6.03. The van der Waals surface area contributed by atoms with Gasteiger partial charge >= 0.3 is 0 Å². The van der Waals surface area contributed by atoms with Crippen LogP contribution in [0, 0.1) is 0 Å². The van der Waals surface area contributed by atoms with Crippen LogP contribution in [-0.4, -0.2) is 30.9 Å². The molecule has 27 heavy (non-hydrogen) atoms. The Hall–Kier alpha value is -2.75. The Balaban J connectivity index is 1.73. The molecule has 0 aliphatic heterocycles. The molecule has 0 aliphatic carbocycles. The number of rotatable bonds is 6. The molecule has 0 spiro atoms. The average Bonchev–Trinajstić information content (AvgIpc) is 3.06. The van der Waals surface area contributed by atoms with Gasteiger partial charge in [-0.15, -0.1) is 0 Å². The first-order chi connectivity index (χ1) is 12.8. The standard InChI is InChI=1S/C16H13Cl2N5O4/c17-9-3-1-8(2-4-9)11(24)5-12-21-13(27-22-12)7-23-16(26)14(18)10(6-20-23)15(19)25/h1-4,6,11,24H,5,7H2,(H2,19,25)/t11-/m0/s1. The molecule has 0 aliphatic rings. The van der Waals surface area contributed by atoms with E-state index in [0.29, 0.717) is 10.6 Å². The predicted molar refractivity (Wildman–Crippen MR) is 95.5 cm³/mol. The second-order valence-electron chi connectivity index (χ2n) is 5.58. The fraction of sp³-hybridized carbons (Fsp3) is 0.188. The van der Waals surface area contributed by atoms with Gasteiger partial charge in [-0.05, 0) is 17.7 Å². The van der Waals surface area contributed by atoms with Gasteiger partial charge in [0, 0.05) is 11.4 Å². The van der Waals surface area contributed by atoms with Gasteiger partial charge in [0.15, 0.2) is 5.82 Å². The van der Waals surface area contributed by atoms with Gasteiger partial charge in [0.25, 0.3) is 11.5 Å². The topological polar surface area (TPSA) is 137 Å². The second kappa shape index (κ2) is 7.87. The number of aliphatic hydroxyl groups is 1. The number of nitrogens with two attached hydrogens (primary N) is 1. The number of nitrogens with zero attached hydrogens (tertiary/aromatic N) is 4. The van der Waals surface area contributed by atoms with E-state index in [9.17, 15) is 14.7 Å². The third-order valence-electron chi connectivity index (χ3n) is 3.68. The van der Waals surface area contributed by atoms with Gasteiger partial charge in [-0.25, -0.2) is 4.68 Å². The highest BCUT2D eigenvalue weighted by molar-refractivity contribution is 6.33. The van der Waals surface area contributed by atoms with Gasteiger partial charge < -0.3 is 15.4 Å². The van der Waals surface area contributed by atoms with Crippen molar-refractivity contribution in [3.05, 3.63) is 73.7 Å². The summed E-state index contributed by atoms with van der Waals surface area (Å²) >= 11 is 11.6. The third kappa shape index (κ3) is 4.33. The van der Waals surface area contributed by atoms with E-state index in [0.717, 1.165) is 10.9 Å². The Kier molecular flexibility index (Phi) is 5.54. The Morgan fingerprint density at radius 1 is 1.30 bits per heavy atom. The molecule has 140 valence electrons. The summed E-state index contributed by atoms with van der Waals surface area (Å²) in [6.07, 6.45) is 0.348. The maximum absolute atomic E-state index is 12.1. The summed E-state index contributed by atoms with van der Waals surface area (Å²) in [5.41, 5.74) is 4.87. The van der Waals surface area contributed by atoms with E-state index in [-0.39, 0.29) is 35.3 Å². The smallest absolute Gasteiger partial charge is 0.286 e. The van der Waals surface area contributed by atoms with Gasteiger partial charge in [0.1, 0.15) is 11.6 Å². The lowest BCUT2D eigenvalue weighted by Crippen LogP contribution is -2.27. The largest absolute Gasteiger partial charge is 0.388 e. The molecular formula is C16H13Cl2N5O4. The Labute approximate surface area is 162 Å². The van der Waals surface area contributed by atoms with Crippen molar-refractivity contribution in [1.82, 2.24) is 19.9 Å². The number of amides is 1. The number of benzene rings is 1. The van der Waals surface area contributed by atoms with E-state index in [2.05, 4.69) is 15.2 Å². The molecule has 2 aromatic heterocycles. The highest BCUT2D eigenvalue weighted by Gasteiger charge is 2.17. The predicted octanol–water partition coefficient (Wildman–Crippen LogP) is 1.36. The zero-order chi connectivity index (χ0) is 19.6. The SMILES string of the molecule is NC(=O)c1cnn(Cc2nc(C[C@H](O)c3ccc(Cl)cc3)no2)c(=O)c1Cl. The van der Waals surface area contributed by atoms with Crippen molar-refractivity contribution in [3.63, 3.8) is 0 Å². The number of aromatic nitrogens is 4. The number of aliphatic hydroxyl groups excluding tert-OH is 1. The van der Waals surface area contributed by atoms with Crippen molar-refractivity contribution in [3.8, 4) is 0 Å². The number of hydrogen-bond donors (Lipinski definition) is 2. The minimum Gasteiger partial charge on any atom is -0.388 e. The number of hydrogen-bond acceptors (Lipinski definition) is 7. The van der Waals surface area contributed by atoms with Crippen molar-refractivity contribution < 1.29 is 14.4 Å². The molecule has 0 saturated heterocycles. The van der Waals surface area contributed by atoms with Gasteiger partial charge in [0.05, 0.1) is 17.9 Å². The molecule has 3 aromatic rings. The lowest BCUT2D eigenvalue weighted by Gasteiger charge is -2.08. The monoisotopic (exact) mass is 409 g/mol. The molecule has 9 nitrogen and oxygen atoms in total. The van der Waals surface area contributed by atoms with Crippen molar-refractivity contribution in [2.24, 2.45) is 5.73 Å². The van der Waals surface area contributed by atoms with Gasteiger partial charge in [-0.1, -0.05) is 40.5 Å². The molecule has 0 radical (unpaired) electrons.